The van der Waals surface area contributed by atoms with Crippen LogP contribution in [0.25, 0.3) is 0 Å². The number of phenols is 1. The Kier molecular flexibility index (Phi) is 7.52. The standard InChI is InChI=1S/C32H34N2O6/c1-19(2)18-34-29(36)7-5-4-6-14-33-30(37)21-9-12-24-23(16-21)31(38)40-32(24)25-11-8-20(3)15-27(25)39-28-17-22(35)10-13-26(28)32/h8-13,15-17,19,35H,4-7,14,18H2,1-3H3,(H,33,37)(H,34,36). The maximum atomic E-state index is 13.3. The van der Waals surface area contributed by atoms with E-state index in [0.717, 1.165) is 24.8 Å². The van der Waals surface area contributed by atoms with Gasteiger partial charge < -0.3 is 25.2 Å². The van der Waals surface area contributed by atoms with Crippen molar-refractivity contribution in [2.24, 2.45) is 5.92 Å². The minimum Gasteiger partial charge on any atom is -0.508 e. The summed E-state index contributed by atoms with van der Waals surface area (Å²) in [5, 5.41) is 15.9. The number of phenolic OH excluding ortho intramolecular Hbond substituents is 1. The molecule has 3 N–H and O–H groups in total. The molecule has 2 aliphatic heterocycles. The fourth-order valence-electron chi connectivity index (χ4n) is 5.26. The molecule has 0 aromatic heterocycles. The molecule has 2 aliphatic rings. The average molecular weight is 543 g/mol. The second-order valence-corrected chi connectivity index (χ2v) is 10.9. The number of benzene rings is 3. The predicted molar refractivity (Wildman–Crippen MR) is 150 cm³/mol. The molecule has 1 atom stereocenters. The van der Waals surface area contributed by atoms with Gasteiger partial charge in [0.05, 0.1) is 5.56 Å². The van der Waals surface area contributed by atoms with Crippen LogP contribution in [0.2, 0.25) is 0 Å². The van der Waals surface area contributed by atoms with Gasteiger partial charge in [-0.1, -0.05) is 38.5 Å². The Labute approximate surface area is 233 Å². The number of unbranched alkanes of at least 4 members (excludes halogenated alkanes) is 2. The van der Waals surface area contributed by atoms with Crippen molar-refractivity contribution in [2.45, 2.75) is 52.1 Å². The third-order valence-corrected chi connectivity index (χ3v) is 7.28. The van der Waals surface area contributed by atoms with Crippen molar-refractivity contribution in [3.8, 4) is 17.2 Å². The van der Waals surface area contributed by atoms with Crippen LogP contribution >= 0.6 is 0 Å². The second kappa shape index (κ2) is 11.0. The average Bonchev–Trinajstić information content (AvgIpc) is 3.20. The number of carbonyl (C=O) groups is 3. The lowest BCUT2D eigenvalue weighted by Crippen LogP contribution is -2.33. The van der Waals surface area contributed by atoms with E-state index in [1.54, 1.807) is 24.3 Å². The molecule has 3 aromatic rings. The fourth-order valence-corrected chi connectivity index (χ4v) is 5.26. The Morgan fingerprint density at radius 3 is 2.40 bits per heavy atom. The van der Waals surface area contributed by atoms with E-state index in [2.05, 4.69) is 24.5 Å². The number of aromatic hydroxyl groups is 1. The lowest BCUT2D eigenvalue weighted by atomic mass is 9.77. The molecule has 40 heavy (non-hydrogen) atoms. The number of fused-ring (bicyclic) bond motifs is 6. The first kappa shape index (κ1) is 27.2. The number of amides is 2. The van der Waals surface area contributed by atoms with Crippen LogP contribution in [0, 0.1) is 12.8 Å². The lowest BCUT2D eigenvalue weighted by Gasteiger charge is -2.36. The van der Waals surface area contributed by atoms with Crippen LogP contribution < -0.4 is 15.4 Å². The van der Waals surface area contributed by atoms with Crippen LogP contribution in [0.4, 0.5) is 0 Å². The third kappa shape index (κ3) is 5.13. The van der Waals surface area contributed by atoms with E-state index in [1.807, 2.05) is 25.1 Å². The summed E-state index contributed by atoms with van der Waals surface area (Å²) in [4.78, 5) is 38.0. The van der Waals surface area contributed by atoms with Gasteiger partial charge in [0.2, 0.25) is 5.91 Å². The summed E-state index contributed by atoms with van der Waals surface area (Å²) in [6, 6.07) is 15.5. The summed E-state index contributed by atoms with van der Waals surface area (Å²) in [5.41, 5.74) is 2.29. The monoisotopic (exact) mass is 542 g/mol. The molecule has 0 saturated carbocycles. The van der Waals surface area contributed by atoms with Gasteiger partial charge in [-0.3, -0.25) is 9.59 Å². The predicted octanol–water partition coefficient (Wildman–Crippen LogP) is 5.33. The number of aryl methyl sites for hydroxylation is 1. The number of hydrogen-bond donors (Lipinski definition) is 3. The van der Waals surface area contributed by atoms with Crippen molar-refractivity contribution < 1.29 is 29.0 Å². The van der Waals surface area contributed by atoms with Crippen LogP contribution in [0.3, 0.4) is 0 Å². The van der Waals surface area contributed by atoms with Gasteiger partial charge in [0.1, 0.15) is 17.2 Å². The third-order valence-electron chi connectivity index (χ3n) is 7.28. The van der Waals surface area contributed by atoms with Crippen LogP contribution in [0.1, 0.15) is 82.5 Å². The molecule has 208 valence electrons. The van der Waals surface area contributed by atoms with Gasteiger partial charge >= 0.3 is 5.97 Å². The normalized spacial score (nSPS) is 16.6. The smallest absolute Gasteiger partial charge is 0.340 e. The van der Waals surface area contributed by atoms with Crippen LogP contribution in [0.5, 0.6) is 17.2 Å². The van der Waals surface area contributed by atoms with E-state index in [4.69, 9.17) is 9.47 Å². The topological polar surface area (TPSA) is 114 Å². The molecule has 1 unspecified atom stereocenters. The van der Waals surface area contributed by atoms with Crippen molar-refractivity contribution in [3.63, 3.8) is 0 Å². The highest BCUT2D eigenvalue weighted by atomic mass is 16.6. The largest absolute Gasteiger partial charge is 0.508 e. The van der Waals surface area contributed by atoms with Crippen molar-refractivity contribution in [1.29, 1.82) is 0 Å². The van der Waals surface area contributed by atoms with Gasteiger partial charge in [-0.15, -0.1) is 0 Å². The Bertz CT molecular complexity index is 1430. The van der Waals surface area contributed by atoms with E-state index < -0.39 is 11.6 Å². The SMILES string of the molecule is Cc1ccc2c(c1)Oc1cc(O)ccc1C21OC(=O)c2cc(C(=O)NCCCCCC(=O)NCC(C)C)ccc21. The minimum atomic E-state index is -1.26. The van der Waals surface area contributed by atoms with Crippen molar-refractivity contribution in [1.82, 2.24) is 10.6 Å². The molecule has 0 bridgehead atoms. The Hall–Kier alpha value is -4.33. The second-order valence-electron chi connectivity index (χ2n) is 10.9. The summed E-state index contributed by atoms with van der Waals surface area (Å²) in [6.07, 6.45) is 2.81. The number of rotatable bonds is 9. The van der Waals surface area contributed by atoms with E-state index >= 15 is 0 Å². The summed E-state index contributed by atoms with van der Waals surface area (Å²) in [6.45, 7) is 7.21. The Morgan fingerprint density at radius 1 is 0.900 bits per heavy atom. The molecule has 0 radical (unpaired) electrons. The molecular weight excluding hydrogens is 508 g/mol. The molecule has 5 rings (SSSR count). The van der Waals surface area contributed by atoms with Gasteiger partial charge in [0.15, 0.2) is 5.60 Å². The summed E-state index contributed by atoms with van der Waals surface area (Å²) >= 11 is 0. The van der Waals surface area contributed by atoms with Gasteiger partial charge in [-0.2, -0.15) is 0 Å². The molecule has 1 spiro atoms. The first-order valence-corrected chi connectivity index (χ1v) is 13.7. The van der Waals surface area contributed by atoms with Crippen molar-refractivity contribution in [2.75, 3.05) is 13.1 Å². The maximum absolute atomic E-state index is 13.3. The van der Waals surface area contributed by atoms with Crippen LogP contribution in [-0.4, -0.2) is 36.0 Å². The van der Waals surface area contributed by atoms with Crippen LogP contribution in [-0.2, 0) is 15.1 Å². The zero-order valence-corrected chi connectivity index (χ0v) is 23.0. The molecule has 0 saturated heterocycles. The molecule has 8 nitrogen and oxygen atoms in total. The fraction of sp³-hybridized carbons (Fsp3) is 0.344. The highest BCUT2D eigenvalue weighted by molar-refractivity contribution is 6.01. The number of ether oxygens (including phenoxy) is 2. The van der Waals surface area contributed by atoms with Gasteiger partial charge in [0.25, 0.3) is 5.91 Å². The number of carbonyl (C=O) groups excluding carboxylic acids is 3. The lowest BCUT2D eigenvalue weighted by molar-refractivity contribution is -0.121. The summed E-state index contributed by atoms with van der Waals surface area (Å²) < 4.78 is 12.2. The van der Waals surface area contributed by atoms with E-state index in [1.165, 1.54) is 12.1 Å². The highest BCUT2D eigenvalue weighted by Gasteiger charge is 2.53. The Balaban J connectivity index is 1.31. The molecule has 0 aliphatic carbocycles. The van der Waals surface area contributed by atoms with Crippen LogP contribution in [0.15, 0.2) is 54.6 Å². The van der Waals surface area contributed by atoms with Gasteiger partial charge in [-0.05, 0) is 61.6 Å². The molecule has 2 heterocycles. The molecular formula is C32H34N2O6. The zero-order valence-electron chi connectivity index (χ0n) is 23.0. The van der Waals surface area contributed by atoms with Gasteiger partial charge in [-0.25, -0.2) is 4.79 Å². The molecule has 3 aromatic carbocycles. The summed E-state index contributed by atoms with van der Waals surface area (Å²) in [5.74, 6) is 0.648. The van der Waals surface area contributed by atoms with E-state index in [9.17, 15) is 19.5 Å². The number of hydrogen-bond acceptors (Lipinski definition) is 6. The summed E-state index contributed by atoms with van der Waals surface area (Å²) in [7, 11) is 0. The molecule has 0 fully saturated rings. The van der Waals surface area contributed by atoms with Crippen molar-refractivity contribution in [3.05, 3.63) is 88.0 Å². The Morgan fingerprint density at radius 2 is 1.62 bits per heavy atom. The van der Waals surface area contributed by atoms with E-state index in [-0.39, 0.29) is 17.6 Å². The maximum Gasteiger partial charge on any atom is 0.340 e. The van der Waals surface area contributed by atoms with Gasteiger partial charge in [0, 0.05) is 47.8 Å². The highest BCUT2D eigenvalue weighted by Crippen LogP contribution is 2.56. The zero-order chi connectivity index (χ0) is 28.4. The number of esters is 1. The van der Waals surface area contributed by atoms with E-state index in [0.29, 0.717) is 64.7 Å². The number of nitrogens with one attached hydrogen (secondary N) is 2. The molecule has 8 heteroatoms. The quantitative estimate of drug-likeness (QED) is 0.249. The minimum absolute atomic E-state index is 0.0379. The van der Waals surface area contributed by atoms with Crippen molar-refractivity contribution >= 4 is 17.8 Å². The first-order valence-electron chi connectivity index (χ1n) is 13.7. The first-order chi connectivity index (χ1) is 19.2. The molecule has 2 amide bonds.